The van der Waals surface area contributed by atoms with Gasteiger partial charge in [0, 0.05) is 24.1 Å². The number of aryl methyl sites for hydroxylation is 1. The third-order valence-electron chi connectivity index (χ3n) is 2.44. The first-order valence-electron chi connectivity index (χ1n) is 5.65. The Morgan fingerprint density at radius 3 is 2.76 bits per heavy atom. The highest BCUT2D eigenvalue weighted by molar-refractivity contribution is 9.09. The lowest BCUT2D eigenvalue weighted by Gasteiger charge is -2.07. The van der Waals surface area contributed by atoms with E-state index in [9.17, 15) is 8.42 Å². The molecule has 0 aliphatic carbocycles. The molecule has 0 saturated carbocycles. The van der Waals surface area contributed by atoms with Crippen molar-refractivity contribution in [2.24, 2.45) is 0 Å². The number of sulfonamides is 1. The van der Waals surface area contributed by atoms with Gasteiger partial charge in [-0.25, -0.2) is 18.1 Å². The van der Waals surface area contributed by atoms with Crippen LogP contribution in [0.3, 0.4) is 0 Å². The third-order valence-corrected chi connectivity index (χ3v) is 4.89. The Bertz CT molecular complexity index is 444. The summed E-state index contributed by atoms with van der Waals surface area (Å²) in [6.07, 6.45) is 4.80. The molecule has 0 aromatic carbocycles. The standard InChI is InChI=1S/C10H18BrN3O2S/c1-3-9(11)5-6-13-17(15,16)10-7-14(4-2)8-12-10/h7-9,13H,3-6H2,1-2H3. The summed E-state index contributed by atoms with van der Waals surface area (Å²) in [6.45, 7) is 5.12. The molecule has 1 aromatic rings. The van der Waals surface area contributed by atoms with Crippen molar-refractivity contribution < 1.29 is 8.42 Å². The van der Waals surface area contributed by atoms with E-state index in [-0.39, 0.29) is 5.03 Å². The van der Waals surface area contributed by atoms with Crippen LogP contribution in [0.15, 0.2) is 17.6 Å². The second-order valence-electron chi connectivity index (χ2n) is 3.73. The molecule has 1 rings (SSSR count). The number of hydrogen-bond donors (Lipinski definition) is 1. The molecule has 0 saturated heterocycles. The second-order valence-corrected chi connectivity index (χ2v) is 6.74. The quantitative estimate of drug-likeness (QED) is 0.777. The molecule has 5 nitrogen and oxygen atoms in total. The Kier molecular flexibility index (Phi) is 5.61. The fourth-order valence-electron chi connectivity index (χ4n) is 1.28. The van der Waals surface area contributed by atoms with Gasteiger partial charge in [-0.05, 0) is 19.8 Å². The maximum atomic E-state index is 11.8. The Morgan fingerprint density at radius 1 is 1.53 bits per heavy atom. The topological polar surface area (TPSA) is 64.0 Å². The number of nitrogens with one attached hydrogen (secondary N) is 1. The van der Waals surface area contributed by atoms with E-state index in [1.807, 2.05) is 6.92 Å². The van der Waals surface area contributed by atoms with Gasteiger partial charge in [0.05, 0.1) is 6.33 Å². The summed E-state index contributed by atoms with van der Waals surface area (Å²) in [5, 5.41) is 0.0852. The van der Waals surface area contributed by atoms with Gasteiger partial charge in [-0.1, -0.05) is 22.9 Å². The van der Waals surface area contributed by atoms with Crippen LogP contribution in [0.2, 0.25) is 0 Å². The minimum absolute atomic E-state index is 0.0852. The SMILES string of the molecule is CCC(Br)CCNS(=O)(=O)c1cn(CC)cn1. The first-order valence-corrected chi connectivity index (χ1v) is 8.05. The number of hydrogen-bond acceptors (Lipinski definition) is 3. The summed E-state index contributed by atoms with van der Waals surface area (Å²) in [6, 6.07) is 0. The Balaban J connectivity index is 2.56. The summed E-state index contributed by atoms with van der Waals surface area (Å²) in [5.41, 5.74) is 0. The van der Waals surface area contributed by atoms with Crippen molar-refractivity contribution in [1.29, 1.82) is 0 Å². The summed E-state index contributed by atoms with van der Waals surface area (Å²) in [4.78, 5) is 4.22. The van der Waals surface area contributed by atoms with E-state index in [1.54, 1.807) is 4.57 Å². The van der Waals surface area contributed by atoms with Crippen molar-refractivity contribution in [2.45, 2.75) is 43.1 Å². The first kappa shape index (κ1) is 14.7. The lowest BCUT2D eigenvalue weighted by molar-refractivity contribution is 0.574. The van der Waals surface area contributed by atoms with Gasteiger partial charge >= 0.3 is 0 Å². The molecule has 0 amide bonds. The zero-order valence-corrected chi connectivity index (χ0v) is 12.5. The summed E-state index contributed by atoms with van der Waals surface area (Å²) in [7, 11) is -3.46. The minimum atomic E-state index is -3.46. The molecule has 0 bridgehead atoms. The maximum Gasteiger partial charge on any atom is 0.259 e. The molecule has 0 aliphatic heterocycles. The van der Waals surface area contributed by atoms with Crippen LogP contribution < -0.4 is 4.72 Å². The van der Waals surface area contributed by atoms with Crippen molar-refractivity contribution in [3.05, 3.63) is 12.5 Å². The van der Waals surface area contributed by atoms with E-state index in [1.165, 1.54) is 12.5 Å². The van der Waals surface area contributed by atoms with Gasteiger partial charge in [0.2, 0.25) is 0 Å². The molecule has 1 heterocycles. The molecule has 1 N–H and O–H groups in total. The number of alkyl halides is 1. The average molecular weight is 324 g/mol. The number of imidazole rings is 1. The minimum Gasteiger partial charge on any atom is -0.336 e. The molecular weight excluding hydrogens is 306 g/mol. The number of rotatable bonds is 7. The molecular formula is C10H18BrN3O2S. The van der Waals surface area contributed by atoms with Gasteiger partial charge in [0.1, 0.15) is 0 Å². The van der Waals surface area contributed by atoms with Crippen LogP contribution in [0, 0.1) is 0 Å². The highest BCUT2D eigenvalue weighted by atomic mass is 79.9. The normalized spacial score (nSPS) is 13.8. The molecule has 7 heteroatoms. The average Bonchev–Trinajstić information content (AvgIpc) is 2.77. The van der Waals surface area contributed by atoms with Gasteiger partial charge < -0.3 is 4.57 Å². The van der Waals surface area contributed by atoms with E-state index in [4.69, 9.17) is 0 Å². The molecule has 0 aliphatic rings. The first-order chi connectivity index (χ1) is 7.99. The fourth-order valence-corrected chi connectivity index (χ4v) is 2.50. The summed E-state index contributed by atoms with van der Waals surface area (Å²) in [5.74, 6) is 0. The predicted molar refractivity (Wildman–Crippen MR) is 70.7 cm³/mol. The zero-order valence-electron chi connectivity index (χ0n) is 10.1. The monoisotopic (exact) mass is 323 g/mol. The lowest BCUT2D eigenvalue weighted by Crippen LogP contribution is -2.26. The van der Waals surface area contributed by atoms with Crippen LogP contribution in [-0.4, -0.2) is 29.3 Å². The zero-order chi connectivity index (χ0) is 12.9. The maximum absolute atomic E-state index is 11.8. The van der Waals surface area contributed by atoms with Crippen molar-refractivity contribution in [3.63, 3.8) is 0 Å². The molecule has 0 fully saturated rings. The Hall–Kier alpha value is -0.400. The van der Waals surface area contributed by atoms with Crippen molar-refractivity contribution in [2.75, 3.05) is 6.54 Å². The van der Waals surface area contributed by atoms with Crippen LogP contribution in [0.1, 0.15) is 26.7 Å². The van der Waals surface area contributed by atoms with Gasteiger partial charge in [0.25, 0.3) is 10.0 Å². The number of nitrogens with zero attached hydrogens (tertiary/aromatic N) is 2. The molecule has 1 atom stereocenters. The Labute approximate surface area is 111 Å². The largest absolute Gasteiger partial charge is 0.336 e. The molecule has 0 spiro atoms. The van der Waals surface area contributed by atoms with E-state index in [0.29, 0.717) is 17.9 Å². The highest BCUT2D eigenvalue weighted by Crippen LogP contribution is 2.09. The van der Waals surface area contributed by atoms with Crippen LogP contribution in [-0.2, 0) is 16.6 Å². The molecule has 1 unspecified atom stereocenters. The van der Waals surface area contributed by atoms with Gasteiger partial charge in [0.15, 0.2) is 5.03 Å². The van der Waals surface area contributed by atoms with Gasteiger partial charge in [-0.3, -0.25) is 0 Å². The molecule has 17 heavy (non-hydrogen) atoms. The van der Waals surface area contributed by atoms with Crippen molar-refractivity contribution >= 4 is 26.0 Å². The Morgan fingerprint density at radius 2 is 2.24 bits per heavy atom. The van der Waals surface area contributed by atoms with Crippen LogP contribution in [0.5, 0.6) is 0 Å². The van der Waals surface area contributed by atoms with E-state index in [0.717, 1.165) is 12.8 Å². The molecule has 98 valence electrons. The lowest BCUT2D eigenvalue weighted by atomic mass is 10.2. The molecule has 0 radical (unpaired) electrons. The van der Waals surface area contributed by atoms with E-state index < -0.39 is 10.0 Å². The van der Waals surface area contributed by atoms with Crippen LogP contribution >= 0.6 is 15.9 Å². The number of halogens is 1. The van der Waals surface area contributed by atoms with Gasteiger partial charge in [-0.2, -0.15) is 0 Å². The van der Waals surface area contributed by atoms with E-state index in [2.05, 4.69) is 32.6 Å². The van der Waals surface area contributed by atoms with Crippen LogP contribution in [0.25, 0.3) is 0 Å². The smallest absolute Gasteiger partial charge is 0.259 e. The third kappa shape index (κ3) is 4.40. The van der Waals surface area contributed by atoms with Gasteiger partial charge in [-0.15, -0.1) is 0 Å². The summed E-state index contributed by atoms with van der Waals surface area (Å²) < 4.78 is 27.9. The van der Waals surface area contributed by atoms with Crippen LogP contribution in [0.4, 0.5) is 0 Å². The predicted octanol–water partition coefficient (Wildman–Crippen LogP) is 1.74. The van der Waals surface area contributed by atoms with Crippen molar-refractivity contribution in [1.82, 2.24) is 14.3 Å². The molecule has 1 aromatic heterocycles. The highest BCUT2D eigenvalue weighted by Gasteiger charge is 2.16. The summed E-state index contributed by atoms with van der Waals surface area (Å²) >= 11 is 3.46. The fraction of sp³-hybridized carbons (Fsp3) is 0.700. The van der Waals surface area contributed by atoms with Crippen molar-refractivity contribution in [3.8, 4) is 0 Å². The second kappa shape index (κ2) is 6.51. The number of aromatic nitrogens is 2. The van der Waals surface area contributed by atoms with E-state index >= 15 is 0 Å².